The van der Waals surface area contributed by atoms with Gasteiger partial charge in [0.15, 0.2) is 0 Å². The van der Waals surface area contributed by atoms with Crippen LogP contribution in [0.2, 0.25) is 0 Å². The highest BCUT2D eigenvalue weighted by molar-refractivity contribution is 8.26. The number of hydrogen-bond donors (Lipinski definition) is 1. The molecule has 1 aromatic heterocycles. The molecule has 0 spiro atoms. The summed E-state index contributed by atoms with van der Waals surface area (Å²) in [6.07, 6.45) is 3.99. The van der Waals surface area contributed by atoms with Crippen molar-refractivity contribution in [1.82, 2.24) is 10.3 Å². The molecule has 1 aliphatic heterocycles. The van der Waals surface area contributed by atoms with Crippen molar-refractivity contribution in [3.8, 4) is 0 Å². The lowest BCUT2D eigenvalue weighted by Gasteiger charge is -1.99. The Kier molecular flexibility index (Phi) is 2.82. The van der Waals surface area contributed by atoms with Crippen LogP contribution in [0.15, 0.2) is 41.4 Å². The van der Waals surface area contributed by atoms with E-state index in [1.165, 1.54) is 15.9 Å². The Labute approximate surface area is 109 Å². The van der Waals surface area contributed by atoms with Crippen molar-refractivity contribution in [1.29, 1.82) is 0 Å². The summed E-state index contributed by atoms with van der Waals surface area (Å²) >= 11 is 6.72. The summed E-state index contributed by atoms with van der Waals surface area (Å²) in [5, 5.41) is 4.31. The van der Waals surface area contributed by atoms with Gasteiger partial charge in [-0.3, -0.25) is 4.98 Å². The number of fused-ring (bicyclic) bond motifs is 1. The van der Waals surface area contributed by atoms with Gasteiger partial charge in [-0.1, -0.05) is 36.1 Å². The molecule has 1 fully saturated rings. The van der Waals surface area contributed by atoms with Crippen LogP contribution in [0.5, 0.6) is 0 Å². The lowest BCUT2D eigenvalue weighted by molar-refractivity contribution is 1.09. The third-order valence-electron chi connectivity index (χ3n) is 2.59. The van der Waals surface area contributed by atoms with Crippen LogP contribution in [0.1, 0.15) is 5.56 Å². The molecule has 1 N–H and O–H groups in total. The second kappa shape index (κ2) is 4.47. The van der Waals surface area contributed by atoms with Gasteiger partial charge in [-0.15, -0.1) is 0 Å². The molecular weight excluding hydrogens is 248 g/mol. The van der Waals surface area contributed by atoms with E-state index < -0.39 is 0 Å². The van der Waals surface area contributed by atoms with Crippen molar-refractivity contribution in [2.45, 2.75) is 0 Å². The van der Waals surface area contributed by atoms with Gasteiger partial charge in [0.25, 0.3) is 0 Å². The van der Waals surface area contributed by atoms with Crippen LogP contribution in [0.25, 0.3) is 17.0 Å². The lowest BCUT2D eigenvalue weighted by atomic mass is 10.1. The fourth-order valence-electron chi connectivity index (χ4n) is 1.80. The number of thiocarbonyl (C=S) groups is 1. The first-order valence-electron chi connectivity index (χ1n) is 5.32. The Morgan fingerprint density at radius 3 is 3.12 bits per heavy atom. The minimum absolute atomic E-state index is 0.842. The number of hydrogen-bond acceptors (Lipinski definition) is 3. The largest absolute Gasteiger partial charge is 0.366 e. The number of rotatable bonds is 1. The van der Waals surface area contributed by atoms with Crippen LogP contribution in [0.3, 0.4) is 0 Å². The van der Waals surface area contributed by atoms with Crippen molar-refractivity contribution in [2.24, 2.45) is 0 Å². The van der Waals surface area contributed by atoms with Crippen molar-refractivity contribution < 1.29 is 0 Å². The number of nitrogens with zero attached hydrogens (tertiary/aromatic N) is 1. The van der Waals surface area contributed by atoms with E-state index in [4.69, 9.17) is 12.2 Å². The number of pyridine rings is 1. The average molecular weight is 258 g/mol. The molecule has 1 aromatic carbocycles. The molecule has 2 nitrogen and oxygen atoms in total. The molecule has 17 heavy (non-hydrogen) atoms. The lowest BCUT2D eigenvalue weighted by Crippen LogP contribution is -2.09. The number of aromatic nitrogens is 1. The van der Waals surface area contributed by atoms with Crippen molar-refractivity contribution in [2.75, 3.05) is 6.54 Å². The summed E-state index contributed by atoms with van der Waals surface area (Å²) in [6, 6.07) is 10.3. The summed E-state index contributed by atoms with van der Waals surface area (Å²) in [7, 11) is 0. The maximum atomic E-state index is 5.09. The van der Waals surface area contributed by atoms with Gasteiger partial charge in [0.2, 0.25) is 0 Å². The first-order valence-corrected chi connectivity index (χ1v) is 6.55. The molecule has 84 valence electrons. The normalized spacial score (nSPS) is 17.6. The highest BCUT2D eigenvalue weighted by Crippen LogP contribution is 2.25. The predicted octanol–water partition coefficient (Wildman–Crippen LogP) is 3.20. The molecule has 0 aliphatic carbocycles. The third-order valence-corrected chi connectivity index (χ3v) is 3.83. The van der Waals surface area contributed by atoms with E-state index >= 15 is 0 Å². The van der Waals surface area contributed by atoms with E-state index in [0.29, 0.717) is 0 Å². The fraction of sp³-hybridized carbons (Fsp3) is 0.0769. The number of nitrogens with one attached hydrogen (secondary N) is 1. The second-order valence-electron chi connectivity index (χ2n) is 3.81. The Hall–Kier alpha value is -1.39. The molecule has 2 aromatic rings. The van der Waals surface area contributed by atoms with E-state index in [1.54, 1.807) is 11.8 Å². The van der Waals surface area contributed by atoms with Crippen LogP contribution in [-0.4, -0.2) is 15.8 Å². The number of thioether (sulfide) groups is 1. The highest BCUT2D eigenvalue weighted by atomic mass is 32.2. The smallest absolute Gasteiger partial charge is 0.138 e. The summed E-state index contributed by atoms with van der Waals surface area (Å²) in [4.78, 5) is 5.57. The minimum Gasteiger partial charge on any atom is -0.366 e. The van der Waals surface area contributed by atoms with Gasteiger partial charge in [0.1, 0.15) is 4.32 Å². The first-order chi connectivity index (χ1) is 8.31. The van der Waals surface area contributed by atoms with Crippen molar-refractivity contribution >= 4 is 45.3 Å². The second-order valence-corrected chi connectivity index (χ2v) is 5.61. The van der Waals surface area contributed by atoms with Gasteiger partial charge in [-0.2, -0.15) is 0 Å². The maximum Gasteiger partial charge on any atom is 0.138 e. The fourth-order valence-corrected chi connectivity index (χ4v) is 2.92. The van der Waals surface area contributed by atoms with Crippen molar-refractivity contribution in [3.05, 3.63) is 47.0 Å². The van der Waals surface area contributed by atoms with E-state index in [2.05, 4.69) is 34.6 Å². The van der Waals surface area contributed by atoms with Crippen molar-refractivity contribution in [3.63, 3.8) is 0 Å². The zero-order valence-corrected chi connectivity index (χ0v) is 10.6. The Morgan fingerprint density at radius 2 is 2.29 bits per heavy atom. The molecule has 0 unspecified atom stereocenters. The summed E-state index contributed by atoms with van der Waals surface area (Å²) in [5.74, 6) is 0. The quantitative estimate of drug-likeness (QED) is 0.794. The predicted molar refractivity (Wildman–Crippen MR) is 77.9 cm³/mol. The minimum atomic E-state index is 0.842. The Balaban J connectivity index is 1.98. The van der Waals surface area contributed by atoms with Crippen LogP contribution < -0.4 is 5.32 Å². The first kappa shape index (κ1) is 10.7. The molecule has 0 amide bonds. The van der Waals surface area contributed by atoms with E-state index in [0.717, 1.165) is 16.4 Å². The van der Waals surface area contributed by atoms with Crippen LogP contribution in [0, 0.1) is 0 Å². The molecular formula is C13H10N2S2. The van der Waals surface area contributed by atoms with E-state index in [-0.39, 0.29) is 0 Å². The van der Waals surface area contributed by atoms with Gasteiger partial charge >= 0.3 is 0 Å². The molecule has 1 aliphatic rings. The number of benzene rings is 1. The molecule has 4 heteroatoms. The summed E-state index contributed by atoms with van der Waals surface area (Å²) in [5.41, 5.74) is 2.22. The maximum absolute atomic E-state index is 5.09. The van der Waals surface area contributed by atoms with E-state index in [9.17, 15) is 0 Å². The standard InChI is InChI=1S/C13H10N2S2/c16-13-15-8-11(17-13)7-9-3-4-12-10(6-9)2-1-5-14-12/h1-7H,8H2,(H,15,16). The molecule has 1 saturated heterocycles. The van der Waals surface area contributed by atoms with Gasteiger partial charge in [0.05, 0.1) is 5.52 Å². The molecule has 0 saturated carbocycles. The van der Waals surface area contributed by atoms with Crippen LogP contribution in [-0.2, 0) is 0 Å². The Morgan fingerprint density at radius 1 is 1.35 bits per heavy atom. The zero-order valence-electron chi connectivity index (χ0n) is 9.01. The molecule has 0 radical (unpaired) electrons. The van der Waals surface area contributed by atoms with Gasteiger partial charge in [-0.25, -0.2) is 0 Å². The molecule has 0 bridgehead atoms. The van der Waals surface area contributed by atoms with Gasteiger partial charge < -0.3 is 5.32 Å². The highest BCUT2D eigenvalue weighted by Gasteiger charge is 2.11. The van der Waals surface area contributed by atoms with Gasteiger partial charge in [-0.05, 0) is 29.8 Å². The van der Waals surface area contributed by atoms with E-state index in [1.807, 2.05) is 18.3 Å². The molecule has 0 atom stereocenters. The summed E-state index contributed by atoms with van der Waals surface area (Å²) in [6.45, 7) is 0.842. The SMILES string of the molecule is S=C1NCC(=Cc2ccc3ncccc3c2)S1. The monoisotopic (exact) mass is 258 g/mol. The molecule has 2 heterocycles. The molecule has 3 rings (SSSR count). The zero-order chi connectivity index (χ0) is 11.7. The summed E-state index contributed by atoms with van der Waals surface area (Å²) < 4.78 is 0.860. The van der Waals surface area contributed by atoms with Crippen LogP contribution in [0.4, 0.5) is 0 Å². The third kappa shape index (κ3) is 2.33. The topological polar surface area (TPSA) is 24.9 Å². The average Bonchev–Trinajstić information content (AvgIpc) is 2.75. The van der Waals surface area contributed by atoms with Gasteiger partial charge in [0, 0.05) is 23.0 Å². The Bertz CT molecular complexity index is 620. The van der Waals surface area contributed by atoms with Crippen LogP contribution >= 0.6 is 24.0 Å².